The number of likely N-dealkylation sites (N-methyl/N-ethyl adjacent to an activating group) is 1. The molecule has 1 aromatic heterocycles. The van der Waals surface area contributed by atoms with Crippen LogP contribution in [0.1, 0.15) is 41.6 Å². The number of halogens is 2. The number of nitrogens with zero attached hydrogens (tertiary/aromatic N) is 4. The van der Waals surface area contributed by atoms with Crippen molar-refractivity contribution in [2.75, 3.05) is 34.2 Å². The average Bonchev–Trinajstić information content (AvgIpc) is 3.63. The van der Waals surface area contributed by atoms with E-state index in [1.54, 1.807) is 23.7 Å². The van der Waals surface area contributed by atoms with Crippen LogP contribution in [0.2, 0.25) is 0 Å². The van der Waals surface area contributed by atoms with E-state index in [0.29, 0.717) is 23.2 Å². The van der Waals surface area contributed by atoms with Crippen LogP contribution in [0.25, 0.3) is 11.0 Å². The number of hydrogen-bond donors (Lipinski definition) is 2. The maximum absolute atomic E-state index is 13.4. The number of hydrogen-bond acceptors (Lipinski definition) is 5. The van der Waals surface area contributed by atoms with E-state index in [9.17, 15) is 9.59 Å². The molecule has 10 heteroatoms. The largest absolute Gasteiger partial charge is 0.384 e. The number of amides is 1. The number of nitrogens with one attached hydrogen (secondary N) is 1. The fourth-order valence-electron chi connectivity index (χ4n) is 4.64. The second-order valence-corrected chi connectivity index (χ2v) is 9.88. The average molecular weight is 548 g/mol. The fraction of sp³-hybridized carbons (Fsp3) is 0.407. The van der Waals surface area contributed by atoms with Crippen LogP contribution in [-0.4, -0.2) is 65.3 Å². The highest BCUT2D eigenvalue weighted by Gasteiger charge is 2.52. The Kier molecular flexibility index (Phi) is 9.88. The van der Waals surface area contributed by atoms with Gasteiger partial charge in [-0.25, -0.2) is 4.98 Å². The van der Waals surface area contributed by atoms with E-state index in [1.807, 2.05) is 56.4 Å². The number of aromatic nitrogens is 2. The zero-order valence-electron chi connectivity index (χ0n) is 21.8. The first-order chi connectivity index (χ1) is 16.6. The Morgan fingerprint density at radius 1 is 1.08 bits per heavy atom. The first-order valence-corrected chi connectivity index (χ1v) is 12.0. The van der Waals surface area contributed by atoms with Crippen molar-refractivity contribution in [1.29, 1.82) is 5.41 Å². The molecule has 0 saturated heterocycles. The summed E-state index contributed by atoms with van der Waals surface area (Å²) in [4.78, 5) is 35.1. The summed E-state index contributed by atoms with van der Waals surface area (Å²) in [5.74, 6) is 0.168. The Hall–Kier alpha value is -2.94. The molecule has 3 N–H and O–H groups in total. The molecule has 1 aliphatic carbocycles. The SMILES string of the molecule is CN(C)CCCN(C)C(=O)C1(c2ccc3c(c2)nc(Cc2ccc(C(=N)N)cc2)c(=O)n3C)CC1.Cl.Cl. The zero-order chi connectivity index (χ0) is 25.3. The lowest BCUT2D eigenvalue weighted by Crippen LogP contribution is -2.38. The molecule has 0 bridgehead atoms. The lowest BCUT2D eigenvalue weighted by atomic mass is 9.93. The standard InChI is InChI=1S/C27H34N6O2.2ClH/c1-31(2)14-5-15-32(3)26(35)27(12-13-27)20-10-11-23-21(17-20)30-22(25(34)33(23)4)16-18-6-8-19(9-7-18)24(28)29;;/h6-11,17H,5,12-16H2,1-4H3,(H3,28,29);2*1H. The third-order valence-corrected chi connectivity index (χ3v) is 6.94. The Morgan fingerprint density at radius 2 is 1.73 bits per heavy atom. The molecule has 8 nitrogen and oxygen atoms in total. The summed E-state index contributed by atoms with van der Waals surface area (Å²) in [6.07, 6.45) is 2.97. The van der Waals surface area contributed by atoms with Crippen LogP contribution in [0, 0.1) is 5.41 Å². The van der Waals surface area contributed by atoms with Gasteiger partial charge in [0.15, 0.2) is 0 Å². The summed E-state index contributed by atoms with van der Waals surface area (Å²) in [6, 6.07) is 13.1. The van der Waals surface area contributed by atoms with Gasteiger partial charge in [-0.05, 0) is 63.2 Å². The lowest BCUT2D eigenvalue weighted by molar-refractivity contribution is -0.132. The summed E-state index contributed by atoms with van der Waals surface area (Å²) in [7, 11) is 7.71. The van der Waals surface area contributed by atoms with Gasteiger partial charge < -0.3 is 20.1 Å². The predicted octanol–water partition coefficient (Wildman–Crippen LogP) is 3.09. The number of fused-ring (bicyclic) bond motifs is 1. The first-order valence-electron chi connectivity index (χ1n) is 12.0. The summed E-state index contributed by atoms with van der Waals surface area (Å²) in [5, 5.41) is 7.54. The predicted molar refractivity (Wildman–Crippen MR) is 153 cm³/mol. The molecule has 1 amide bonds. The van der Waals surface area contributed by atoms with E-state index < -0.39 is 5.41 Å². The number of carbonyl (C=O) groups excluding carboxylic acids is 1. The number of nitrogen functional groups attached to an aromatic ring is 1. The molecule has 3 aromatic rings. The van der Waals surface area contributed by atoms with Crippen LogP contribution in [0.5, 0.6) is 0 Å². The van der Waals surface area contributed by atoms with Crippen LogP contribution >= 0.6 is 24.8 Å². The van der Waals surface area contributed by atoms with Crippen LogP contribution in [-0.2, 0) is 23.7 Å². The third-order valence-electron chi connectivity index (χ3n) is 6.94. The number of amidine groups is 1. The van der Waals surface area contributed by atoms with E-state index in [1.165, 1.54) is 0 Å². The van der Waals surface area contributed by atoms with Crippen molar-refractivity contribution in [2.24, 2.45) is 12.8 Å². The van der Waals surface area contributed by atoms with Gasteiger partial charge in [0.25, 0.3) is 5.56 Å². The maximum Gasteiger partial charge on any atom is 0.272 e. The molecule has 1 fully saturated rings. The van der Waals surface area contributed by atoms with Gasteiger partial charge in [-0.2, -0.15) is 0 Å². The molecule has 1 heterocycles. The highest BCUT2D eigenvalue weighted by molar-refractivity contribution is 5.95. The minimum absolute atomic E-state index is 0. The van der Waals surface area contributed by atoms with Crippen molar-refractivity contribution < 1.29 is 4.79 Å². The Balaban J connectivity index is 0.00000241. The number of nitrogens with two attached hydrogens (primary N) is 1. The van der Waals surface area contributed by atoms with Gasteiger partial charge in [0.2, 0.25) is 5.91 Å². The summed E-state index contributed by atoms with van der Waals surface area (Å²) >= 11 is 0. The second kappa shape index (κ2) is 12.1. The molecule has 0 unspecified atom stereocenters. The van der Waals surface area contributed by atoms with Gasteiger partial charge in [-0.3, -0.25) is 15.0 Å². The summed E-state index contributed by atoms with van der Waals surface area (Å²) < 4.78 is 1.63. The normalized spacial score (nSPS) is 13.5. The number of rotatable bonds is 9. The molecule has 2 aromatic carbocycles. The van der Waals surface area contributed by atoms with Crippen LogP contribution in [0.4, 0.5) is 0 Å². The third kappa shape index (κ3) is 6.32. The van der Waals surface area contributed by atoms with Crippen molar-refractivity contribution in [3.8, 4) is 0 Å². The van der Waals surface area contributed by atoms with E-state index in [0.717, 1.165) is 49.0 Å². The van der Waals surface area contributed by atoms with Crippen molar-refractivity contribution in [1.82, 2.24) is 19.4 Å². The molecule has 1 aliphatic rings. The molecule has 0 aliphatic heterocycles. The Bertz CT molecular complexity index is 1330. The Labute approximate surface area is 230 Å². The molecule has 0 radical (unpaired) electrons. The summed E-state index contributed by atoms with van der Waals surface area (Å²) in [6.45, 7) is 1.67. The summed E-state index contributed by atoms with van der Waals surface area (Å²) in [5.41, 5.74) is 9.36. The topological polar surface area (TPSA) is 108 Å². The number of benzene rings is 2. The second-order valence-electron chi connectivity index (χ2n) is 9.88. The highest BCUT2D eigenvalue weighted by Crippen LogP contribution is 2.50. The highest BCUT2D eigenvalue weighted by atomic mass is 35.5. The molecular weight excluding hydrogens is 511 g/mol. The molecule has 0 spiro atoms. The number of aryl methyl sites for hydroxylation is 1. The van der Waals surface area contributed by atoms with Gasteiger partial charge in [0, 0.05) is 32.6 Å². The van der Waals surface area contributed by atoms with E-state index in [2.05, 4.69) is 4.90 Å². The van der Waals surface area contributed by atoms with Gasteiger partial charge in [0.1, 0.15) is 11.5 Å². The van der Waals surface area contributed by atoms with Crippen molar-refractivity contribution >= 4 is 47.6 Å². The minimum atomic E-state index is -0.486. The lowest BCUT2D eigenvalue weighted by Gasteiger charge is -2.25. The monoisotopic (exact) mass is 546 g/mol. The minimum Gasteiger partial charge on any atom is -0.384 e. The van der Waals surface area contributed by atoms with Gasteiger partial charge in [-0.1, -0.05) is 30.3 Å². The van der Waals surface area contributed by atoms with Crippen LogP contribution < -0.4 is 11.3 Å². The molecule has 4 rings (SSSR count). The molecular formula is C27H36Cl2N6O2. The molecule has 1 saturated carbocycles. The molecule has 200 valence electrons. The first kappa shape index (κ1) is 30.3. The van der Waals surface area contributed by atoms with E-state index in [-0.39, 0.29) is 42.1 Å². The van der Waals surface area contributed by atoms with Crippen molar-refractivity contribution in [3.63, 3.8) is 0 Å². The van der Waals surface area contributed by atoms with Gasteiger partial charge >= 0.3 is 0 Å². The van der Waals surface area contributed by atoms with Gasteiger partial charge in [-0.15, -0.1) is 24.8 Å². The number of carbonyl (C=O) groups is 1. The molecule has 37 heavy (non-hydrogen) atoms. The van der Waals surface area contributed by atoms with Crippen molar-refractivity contribution in [3.05, 3.63) is 75.2 Å². The van der Waals surface area contributed by atoms with Crippen LogP contribution in [0.15, 0.2) is 47.3 Å². The molecule has 0 atom stereocenters. The zero-order valence-corrected chi connectivity index (χ0v) is 23.4. The smallest absolute Gasteiger partial charge is 0.272 e. The van der Waals surface area contributed by atoms with Crippen molar-refractivity contribution in [2.45, 2.75) is 31.1 Å². The van der Waals surface area contributed by atoms with E-state index >= 15 is 0 Å². The quantitative estimate of drug-likeness (QED) is 0.316. The van der Waals surface area contributed by atoms with Crippen LogP contribution in [0.3, 0.4) is 0 Å². The maximum atomic E-state index is 13.4. The van der Waals surface area contributed by atoms with Gasteiger partial charge in [0.05, 0.1) is 16.4 Å². The fourth-order valence-corrected chi connectivity index (χ4v) is 4.64. The van der Waals surface area contributed by atoms with E-state index in [4.69, 9.17) is 16.1 Å². The Morgan fingerprint density at radius 3 is 2.30 bits per heavy atom.